The van der Waals surface area contributed by atoms with Crippen molar-refractivity contribution >= 4 is 0 Å². The summed E-state index contributed by atoms with van der Waals surface area (Å²) in [7, 11) is 0. The van der Waals surface area contributed by atoms with Crippen LogP contribution in [-0.2, 0) is 9.47 Å². The molecule has 0 spiro atoms. The van der Waals surface area contributed by atoms with Crippen LogP contribution in [-0.4, -0.2) is 70.9 Å². The fourth-order valence-corrected chi connectivity index (χ4v) is 1.46. The van der Waals surface area contributed by atoms with E-state index < -0.39 is 37.3 Å². The van der Waals surface area contributed by atoms with Crippen LogP contribution in [0.25, 0.3) is 0 Å². The Morgan fingerprint density at radius 1 is 1.20 bits per heavy atom. The molecular weight excluding hydrogens is 206 g/mol. The van der Waals surface area contributed by atoms with E-state index in [1.807, 2.05) is 0 Å². The molecule has 0 aromatic heterocycles. The predicted octanol–water partition coefficient (Wildman–Crippen LogP) is -3.24. The van der Waals surface area contributed by atoms with Crippen LogP contribution >= 0.6 is 0 Å². The first-order valence-corrected chi connectivity index (χ1v) is 4.74. The summed E-state index contributed by atoms with van der Waals surface area (Å²) in [6, 6.07) is 0. The number of ether oxygens (including phenoxy) is 2. The third-order valence-electron chi connectivity index (χ3n) is 2.27. The minimum absolute atomic E-state index is 0.138. The van der Waals surface area contributed by atoms with E-state index in [0.29, 0.717) is 0 Å². The lowest BCUT2D eigenvalue weighted by Crippen LogP contribution is -2.59. The lowest BCUT2D eigenvalue weighted by Gasteiger charge is -2.39. The molecule has 0 radical (unpaired) electrons. The Balaban J connectivity index is 2.58. The summed E-state index contributed by atoms with van der Waals surface area (Å²) < 4.78 is 9.89. The van der Waals surface area contributed by atoms with Crippen molar-refractivity contribution in [1.82, 2.24) is 0 Å². The van der Waals surface area contributed by atoms with Crippen LogP contribution in [0, 0.1) is 0 Å². The average Bonchev–Trinajstić information content (AvgIpc) is 2.23. The smallest absolute Gasteiger partial charge is 0.184 e. The molecule has 1 heterocycles. The summed E-state index contributed by atoms with van der Waals surface area (Å²) in [6.07, 6.45) is -6.04. The molecule has 1 unspecified atom stereocenters. The van der Waals surface area contributed by atoms with E-state index in [1.54, 1.807) is 0 Å². The van der Waals surface area contributed by atoms with Gasteiger partial charge in [-0.25, -0.2) is 0 Å². The predicted molar refractivity (Wildman–Crippen MR) is 48.8 cm³/mol. The Morgan fingerprint density at radius 3 is 2.40 bits per heavy atom. The fourth-order valence-electron chi connectivity index (χ4n) is 1.46. The molecule has 1 rings (SSSR count). The number of rotatable bonds is 4. The van der Waals surface area contributed by atoms with Gasteiger partial charge in [0.1, 0.15) is 24.4 Å². The standard InChI is InChI=1S/C8H17NO6/c9-1-2-14-7-6(12)5(11)4(3-10)15-8(7)13/h4-8,10-13H,1-3,9H2/t4-,5+,6+,7-,8?/m1/s1. The van der Waals surface area contributed by atoms with E-state index in [2.05, 4.69) is 0 Å². The molecule has 0 aromatic rings. The van der Waals surface area contributed by atoms with E-state index in [0.717, 1.165) is 0 Å². The van der Waals surface area contributed by atoms with Crippen LogP contribution in [0.15, 0.2) is 0 Å². The molecule has 1 fully saturated rings. The second-order valence-corrected chi connectivity index (χ2v) is 3.35. The largest absolute Gasteiger partial charge is 0.394 e. The van der Waals surface area contributed by atoms with Gasteiger partial charge in [-0.05, 0) is 0 Å². The molecule has 1 aliphatic rings. The molecule has 1 aliphatic heterocycles. The van der Waals surface area contributed by atoms with Crippen molar-refractivity contribution in [1.29, 1.82) is 0 Å². The number of aliphatic hydroxyl groups is 4. The molecule has 5 atom stereocenters. The van der Waals surface area contributed by atoms with Gasteiger partial charge in [0.25, 0.3) is 0 Å². The van der Waals surface area contributed by atoms with E-state index >= 15 is 0 Å². The highest BCUT2D eigenvalue weighted by Gasteiger charge is 2.44. The van der Waals surface area contributed by atoms with Gasteiger partial charge in [0.05, 0.1) is 13.2 Å². The first-order chi connectivity index (χ1) is 7.11. The summed E-state index contributed by atoms with van der Waals surface area (Å²) in [4.78, 5) is 0. The summed E-state index contributed by atoms with van der Waals surface area (Å²) >= 11 is 0. The van der Waals surface area contributed by atoms with Crippen molar-refractivity contribution in [3.8, 4) is 0 Å². The maximum atomic E-state index is 9.57. The summed E-state index contributed by atoms with van der Waals surface area (Å²) in [5.41, 5.74) is 5.19. The van der Waals surface area contributed by atoms with Crippen molar-refractivity contribution < 1.29 is 29.9 Å². The Morgan fingerprint density at radius 2 is 1.87 bits per heavy atom. The van der Waals surface area contributed by atoms with Gasteiger partial charge >= 0.3 is 0 Å². The fraction of sp³-hybridized carbons (Fsp3) is 1.00. The molecule has 7 nitrogen and oxygen atoms in total. The van der Waals surface area contributed by atoms with Crippen molar-refractivity contribution in [2.75, 3.05) is 19.8 Å². The molecule has 90 valence electrons. The molecule has 0 amide bonds. The summed E-state index contributed by atoms with van der Waals surface area (Å²) in [5, 5.41) is 37.2. The van der Waals surface area contributed by atoms with Gasteiger partial charge in [-0.1, -0.05) is 0 Å². The highest BCUT2D eigenvalue weighted by molar-refractivity contribution is 4.89. The quantitative estimate of drug-likeness (QED) is 0.339. The van der Waals surface area contributed by atoms with E-state index in [4.69, 9.17) is 20.3 Å². The van der Waals surface area contributed by atoms with E-state index in [9.17, 15) is 15.3 Å². The third kappa shape index (κ3) is 2.85. The lowest BCUT2D eigenvalue weighted by molar-refractivity contribution is -0.295. The number of hydrogen-bond acceptors (Lipinski definition) is 7. The molecule has 0 bridgehead atoms. The second kappa shape index (κ2) is 5.71. The highest BCUT2D eigenvalue weighted by atomic mass is 16.7. The minimum Gasteiger partial charge on any atom is -0.394 e. The SMILES string of the molecule is NCCO[C@H]1C(O)O[C@H](CO)[C@H](O)[C@@H]1O. The Bertz CT molecular complexity index is 192. The normalized spacial score (nSPS) is 41.8. The molecule has 15 heavy (non-hydrogen) atoms. The number of nitrogens with two attached hydrogens (primary N) is 1. The third-order valence-corrected chi connectivity index (χ3v) is 2.27. The zero-order valence-electron chi connectivity index (χ0n) is 8.19. The first kappa shape index (κ1) is 12.8. The number of aliphatic hydroxyl groups excluding tert-OH is 4. The van der Waals surface area contributed by atoms with Gasteiger partial charge < -0.3 is 35.6 Å². The van der Waals surface area contributed by atoms with Gasteiger partial charge in [-0.15, -0.1) is 0 Å². The summed E-state index contributed by atoms with van der Waals surface area (Å²) in [5.74, 6) is 0. The number of hydrogen-bond donors (Lipinski definition) is 5. The maximum absolute atomic E-state index is 9.57. The van der Waals surface area contributed by atoms with Gasteiger partial charge in [-0.2, -0.15) is 0 Å². The second-order valence-electron chi connectivity index (χ2n) is 3.35. The molecule has 0 aliphatic carbocycles. The summed E-state index contributed by atoms with van der Waals surface area (Å²) in [6.45, 7) is -0.118. The van der Waals surface area contributed by atoms with Gasteiger partial charge in [0.15, 0.2) is 6.29 Å². The average molecular weight is 223 g/mol. The van der Waals surface area contributed by atoms with Crippen LogP contribution in [0.3, 0.4) is 0 Å². The Hall–Kier alpha value is -0.280. The molecular formula is C8H17NO6. The molecule has 0 saturated carbocycles. The van der Waals surface area contributed by atoms with Crippen LogP contribution < -0.4 is 5.73 Å². The van der Waals surface area contributed by atoms with Gasteiger partial charge in [0.2, 0.25) is 0 Å². The topological polar surface area (TPSA) is 125 Å². The lowest BCUT2D eigenvalue weighted by atomic mass is 9.99. The maximum Gasteiger partial charge on any atom is 0.184 e. The first-order valence-electron chi connectivity index (χ1n) is 4.74. The molecule has 7 heteroatoms. The van der Waals surface area contributed by atoms with E-state index in [1.165, 1.54) is 0 Å². The van der Waals surface area contributed by atoms with Gasteiger partial charge in [-0.3, -0.25) is 0 Å². The highest BCUT2D eigenvalue weighted by Crippen LogP contribution is 2.21. The monoisotopic (exact) mass is 223 g/mol. The van der Waals surface area contributed by atoms with Crippen molar-refractivity contribution in [2.45, 2.75) is 30.7 Å². The van der Waals surface area contributed by atoms with E-state index in [-0.39, 0.29) is 13.2 Å². The van der Waals surface area contributed by atoms with Crippen LogP contribution in [0.4, 0.5) is 0 Å². The van der Waals surface area contributed by atoms with Gasteiger partial charge in [0, 0.05) is 6.54 Å². The minimum atomic E-state index is -1.38. The van der Waals surface area contributed by atoms with Crippen molar-refractivity contribution in [3.05, 3.63) is 0 Å². The Kier molecular flexibility index (Phi) is 4.87. The van der Waals surface area contributed by atoms with Crippen LogP contribution in [0.2, 0.25) is 0 Å². The molecule has 0 aromatic carbocycles. The van der Waals surface area contributed by atoms with Crippen LogP contribution in [0.1, 0.15) is 0 Å². The van der Waals surface area contributed by atoms with Crippen LogP contribution in [0.5, 0.6) is 0 Å². The Labute approximate surface area is 87.0 Å². The zero-order valence-corrected chi connectivity index (χ0v) is 8.19. The molecule has 6 N–H and O–H groups in total. The van der Waals surface area contributed by atoms with Crippen molar-refractivity contribution in [2.24, 2.45) is 5.73 Å². The molecule has 1 saturated heterocycles. The van der Waals surface area contributed by atoms with Crippen molar-refractivity contribution in [3.63, 3.8) is 0 Å². The zero-order chi connectivity index (χ0) is 11.4.